The van der Waals surface area contributed by atoms with Crippen LogP contribution in [0.5, 0.6) is 0 Å². The molecule has 0 aromatic heterocycles. The molecule has 0 spiro atoms. The number of hydrogen-bond acceptors (Lipinski definition) is 3. The predicted molar refractivity (Wildman–Crippen MR) is 78.1 cm³/mol. The molecule has 5 nitrogen and oxygen atoms in total. The smallest absolute Gasteiger partial charge is 0.224 e. The zero-order valence-corrected chi connectivity index (χ0v) is 12.9. The van der Waals surface area contributed by atoms with Gasteiger partial charge in [-0.2, -0.15) is 0 Å². The van der Waals surface area contributed by atoms with Crippen molar-refractivity contribution in [3.05, 3.63) is 0 Å². The first-order valence-electron chi connectivity index (χ1n) is 7.61. The number of hydrogen-bond donors (Lipinski definition) is 2. The van der Waals surface area contributed by atoms with Crippen LogP contribution < -0.4 is 5.32 Å². The number of amides is 2. The Hall–Kier alpha value is -1.10. The van der Waals surface area contributed by atoms with Crippen molar-refractivity contribution in [1.29, 1.82) is 0 Å². The Labute approximate surface area is 121 Å². The van der Waals surface area contributed by atoms with Crippen LogP contribution >= 0.6 is 0 Å². The van der Waals surface area contributed by atoms with Crippen LogP contribution in [0, 0.1) is 5.92 Å². The lowest BCUT2D eigenvalue weighted by atomic mass is 10.1. The van der Waals surface area contributed by atoms with E-state index in [1.165, 1.54) is 0 Å². The van der Waals surface area contributed by atoms with Crippen molar-refractivity contribution in [2.45, 2.75) is 58.5 Å². The average molecular weight is 284 g/mol. The van der Waals surface area contributed by atoms with E-state index in [2.05, 4.69) is 5.32 Å². The van der Waals surface area contributed by atoms with Gasteiger partial charge in [0.2, 0.25) is 11.8 Å². The van der Waals surface area contributed by atoms with Gasteiger partial charge in [0.25, 0.3) is 0 Å². The van der Waals surface area contributed by atoms with E-state index in [0.717, 1.165) is 25.7 Å². The Kier molecular flexibility index (Phi) is 6.46. The molecule has 1 aliphatic rings. The van der Waals surface area contributed by atoms with Crippen LogP contribution in [0.2, 0.25) is 0 Å². The highest BCUT2D eigenvalue weighted by Gasteiger charge is 2.23. The number of rotatable bonds is 7. The van der Waals surface area contributed by atoms with Gasteiger partial charge < -0.3 is 15.3 Å². The zero-order chi connectivity index (χ0) is 15.2. The van der Waals surface area contributed by atoms with Crippen LogP contribution in [0.15, 0.2) is 0 Å². The Morgan fingerprint density at radius 1 is 1.30 bits per heavy atom. The lowest BCUT2D eigenvalue weighted by Gasteiger charge is -2.28. The van der Waals surface area contributed by atoms with Crippen LogP contribution in [-0.2, 0) is 9.59 Å². The van der Waals surface area contributed by atoms with Gasteiger partial charge in [-0.3, -0.25) is 9.59 Å². The lowest BCUT2D eigenvalue weighted by Crippen LogP contribution is -2.43. The first-order chi connectivity index (χ1) is 9.33. The third kappa shape index (κ3) is 5.90. The van der Waals surface area contributed by atoms with Crippen molar-refractivity contribution in [3.8, 4) is 0 Å². The predicted octanol–water partition coefficient (Wildman–Crippen LogP) is 1.30. The zero-order valence-electron chi connectivity index (χ0n) is 12.9. The van der Waals surface area contributed by atoms with Crippen molar-refractivity contribution >= 4 is 11.8 Å². The minimum Gasteiger partial charge on any atom is -0.389 e. The van der Waals surface area contributed by atoms with Gasteiger partial charge in [0.15, 0.2) is 0 Å². The van der Waals surface area contributed by atoms with Gasteiger partial charge in [0, 0.05) is 32.0 Å². The van der Waals surface area contributed by atoms with Gasteiger partial charge in [0.1, 0.15) is 0 Å². The molecule has 1 saturated carbocycles. The second kappa shape index (κ2) is 7.62. The fourth-order valence-electron chi connectivity index (χ4n) is 2.63. The Morgan fingerprint density at radius 3 is 2.40 bits per heavy atom. The number of nitrogens with one attached hydrogen (secondary N) is 1. The Bertz CT molecular complexity index is 331. The third-order valence-corrected chi connectivity index (χ3v) is 3.68. The maximum absolute atomic E-state index is 12.0. The first-order valence-corrected chi connectivity index (χ1v) is 7.61. The van der Waals surface area contributed by atoms with E-state index < -0.39 is 5.60 Å². The summed E-state index contributed by atoms with van der Waals surface area (Å²) in [4.78, 5) is 25.5. The summed E-state index contributed by atoms with van der Waals surface area (Å²) < 4.78 is 0. The van der Waals surface area contributed by atoms with Crippen LogP contribution in [0.4, 0.5) is 0 Å². The molecule has 2 N–H and O–H groups in total. The highest BCUT2D eigenvalue weighted by Crippen LogP contribution is 2.24. The van der Waals surface area contributed by atoms with Crippen molar-refractivity contribution in [2.24, 2.45) is 5.92 Å². The average Bonchev–Trinajstić information content (AvgIpc) is 2.88. The molecule has 0 heterocycles. The highest BCUT2D eigenvalue weighted by molar-refractivity contribution is 5.80. The van der Waals surface area contributed by atoms with Crippen LogP contribution in [0.25, 0.3) is 0 Å². The Balaban J connectivity index is 2.28. The summed E-state index contributed by atoms with van der Waals surface area (Å²) in [7, 11) is 0. The molecule has 0 bridgehead atoms. The second-order valence-corrected chi connectivity index (χ2v) is 6.24. The van der Waals surface area contributed by atoms with Gasteiger partial charge in [-0.1, -0.05) is 12.8 Å². The molecule has 5 heteroatoms. The van der Waals surface area contributed by atoms with Crippen molar-refractivity contribution in [3.63, 3.8) is 0 Å². The molecule has 116 valence electrons. The second-order valence-electron chi connectivity index (χ2n) is 6.24. The molecule has 0 radical (unpaired) electrons. The largest absolute Gasteiger partial charge is 0.389 e. The molecule has 0 aromatic carbocycles. The molecule has 2 amide bonds. The van der Waals surface area contributed by atoms with E-state index in [-0.39, 0.29) is 17.7 Å². The minimum absolute atomic E-state index is 0.0265. The lowest BCUT2D eigenvalue weighted by molar-refractivity contribution is -0.134. The van der Waals surface area contributed by atoms with Crippen LogP contribution in [0.1, 0.15) is 52.9 Å². The molecular weight excluding hydrogens is 256 g/mol. The summed E-state index contributed by atoms with van der Waals surface area (Å²) in [6.07, 6.45) is 4.50. The number of aliphatic hydroxyl groups is 1. The fraction of sp³-hybridized carbons (Fsp3) is 0.867. The Morgan fingerprint density at radius 2 is 1.90 bits per heavy atom. The van der Waals surface area contributed by atoms with E-state index in [0.29, 0.717) is 26.1 Å². The van der Waals surface area contributed by atoms with E-state index in [1.807, 2.05) is 6.92 Å². The summed E-state index contributed by atoms with van der Waals surface area (Å²) in [5, 5.41) is 12.6. The standard InChI is InChI=1S/C15H28N2O3/c1-4-17(11-15(2,3)20)13(18)9-10-16-14(19)12-7-5-6-8-12/h12,20H,4-11H2,1-3H3,(H,16,19). The molecule has 0 atom stereocenters. The number of nitrogens with zero attached hydrogens (tertiary/aromatic N) is 1. The van der Waals surface area contributed by atoms with Crippen molar-refractivity contribution in [2.75, 3.05) is 19.6 Å². The topological polar surface area (TPSA) is 69.6 Å². The van der Waals surface area contributed by atoms with E-state index in [9.17, 15) is 14.7 Å². The van der Waals surface area contributed by atoms with E-state index >= 15 is 0 Å². The summed E-state index contributed by atoms with van der Waals surface area (Å²) in [5.41, 5.74) is -0.890. The van der Waals surface area contributed by atoms with Crippen LogP contribution in [0.3, 0.4) is 0 Å². The van der Waals surface area contributed by atoms with E-state index in [4.69, 9.17) is 0 Å². The van der Waals surface area contributed by atoms with E-state index in [1.54, 1.807) is 18.7 Å². The molecule has 0 saturated heterocycles. The SMILES string of the molecule is CCN(CC(C)(C)O)C(=O)CCNC(=O)C1CCCC1. The summed E-state index contributed by atoms with van der Waals surface area (Å²) >= 11 is 0. The number of likely N-dealkylation sites (N-methyl/N-ethyl adjacent to an activating group) is 1. The molecule has 0 aliphatic heterocycles. The normalized spacial score (nSPS) is 16.2. The van der Waals surface area contributed by atoms with Gasteiger partial charge >= 0.3 is 0 Å². The van der Waals surface area contributed by atoms with Gasteiger partial charge in [0.05, 0.1) is 5.60 Å². The van der Waals surface area contributed by atoms with Crippen molar-refractivity contribution in [1.82, 2.24) is 10.2 Å². The molecule has 1 fully saturated rings. The van der Waals surface area contributed by atoms with Gasteiger partial charge in [-0.05, 0) is 33.6 Å². The minimum atomic E-state index is -0.890. The quantitative estimate of drug-likeness (QED) is 0.740. The number of carbonyl (C=O) groups is 2. The monoisotopic (exact) mass is 284 g/mol. The molecule has 1 rings (SSSR count). The fourth-order valence-corrected chi connectivity index (χ4v) is 2.63. The van der Waals surface area contributed by atoms with Gasteiger partial charge in [-0.25, -0.2) is 0 Å². The van der Waals surface area contributed by atoms with Gasteiger partial charge in [-0.15, -0.1) is 0 Å². The third-order valence-electron chi connectivity index (χ3n) is 3.68. The first kappa shape index (κ1) is 17.0. The molecule has 0 unspecified atom stereocenters. The molecule has 0 aromatic rings. The molecule has 1 aliphatic carbocycles. The highest BCUT2D eigenvalue weighted by atomic mass is 16.3. The maximum atomic E-state index is 12.0. The summed E-state index contributed by atoms with van der Waals surface area (Å²) in [6, 6.07) is 0. The molecule has 20 heavy (non-hydrogen) atoms. The van der Waals surface area contributed by atoms with Crippen molar-refractivity contribution < 1.29 is 14.7 Å². The number of carbonyl (C=O) groups excluding carboxylic acids is 2. The summed E-state index contributed by atoms with van der Waals surface area (Å²) in [5.74, 6) is 0.200. The molecular formula is C15H28N2O3. The van der Waals surface area contributed by atoms with Crippen LogP contribution in [-0.4, -0.2) is 47.1 Å². The summed E-state index contributed by atoms with van der Waals surface area (Å²) in [6.45, 7) is 6.53. The maximum Gasteiger partial charge on any atom is 0.224 e.